The number of alkyl halides is 2. The summed E-state index contributed by atoms with van der Waals surface area (Å²) in [7, 11) is 0. The smallest absolute Gasteiger partial charge is 0.164 e. The first kappa shape index (κ1) is 11.5. The summed E-state index contributed by atoms with van der Waals surface area (Å²) in [4.78, 5) is 11.5. The lowest BCUT2D eigenvalue weighted by atomic mass is 10.1. The van der Waals surface area contributed by atoms with E-state index in [1.165, 1.54) is 0 Å². The number of nitrogens with two attached hydrogens (primary N) is 1. The Kier molecular flexibility index (Phi) is 4.42. The number of carbonyl (C=O) groups is 1. The van der Waals surface area contributed by atoms with Crippen LogP contribution in [0, 0.1) is 0 Å². The molecule has 0 fully saturated rings. The number of rotatable bonds is 4. The van der Waals surface area contributed by atoms with Crippen molar-refractivity contribution >= 4 is 39.0 Å². The molecule has 0 bridgehead atoms. The van der Waals surface area contributed by atoms with Gasteiger partial charge in [0.1, 0.15) is 0 Å². The van der Waals surface area contributed by atoms with E-state index in [1.807, 2.05) is 0 Å². The van der Waals surface area contributed by atoms with Crippen molar-refractivity contribution in [2.45, 2.75) is 11.8 Å². The Bertz CT molecular complexity index is 341. The molecule has 1 rings (SSSR count). The number of Topliss-reactive ketones (excluding diaryl/α,β-unsaturated/α-hetero) is 1. The van der Waals surface area contributed by atoms with Gasteiger partial charge in [-0.2, -0.15) is 0 Å². The van der Waals surface area contributed by atoms with E-state index in [0.717, 1.165) is 5.56 Å². The summed E-state index contributed by atoms with van der Waals surface area (Å²) in [6.45, 7) is 0. The molecule has 0 aromatic heterocycles. The van der Waals surface area contributed by atoms with E-state index < -0.39 is 0 Å². The van der Waals surface area contributed by atoms with Crippen LogP contribution in [-0.2, 0) is 5.33 Å². The molecule has 0 spiro atoms. The normalized spacial score (nSPS) is 10.1. The lowest BCUT2D eigenvalue weighted by Gasteiger charge is -2.04. The molecule has 1 aromatic rings. The minimum atomic E-state index is 0.0576. The molecule has 2 N–H and O–H groups in total. The van der Waals surface area contributed by atoms with E-state index in [0.29, 0.717) is 28.9 Å². The predicted octanol–water partition coefficient (Wildman–Crippen LogP) is 2.98. The quantitative estimate of drug-likeness (QED) is 0.522. The number of ketones is 1. The van der Waals surface area contributed by atoms with Gasteiger partial charge in [-0.1, -0.05) is 15.9 Å². The zero-order valence-corrected chi connectivity index (χ0v) is 9.94. The first-order valence-corrected chi connectivity index (χ1v) is 5.88. The largest absolute Gasteiger partial charge is 0.398 e. The number of anilines is 1. The third kappa shape index (κ3) is 2.72. The lowest BCUT2D eigenvalue weighted by molar-refractivity contribution is 0.0989. The Morgan fingerprint density at radius 3 is 2.79 bits per heavy atom. The molecule has 2 nitrogen and oxygen atoms in total. The average Bonchev–Trinajstić information content (AvgIpc) is 2.19. The highest BCUT2D eigenvalue weighted by Gasteiger charge is 2.07. The monoisotopic (exact) mass is 275 g/mol. The van der Waals surface area contributed by atoms with Gasteiger partial charge in [-0.05, 0) is 23.8 Å². The van der Waals surface area contributed by atoms with Gasteiger partial charge in [-0.15, -0.1) is 11.6 Å². The van der Waals surface area contributed by atoms with Crippen LogP contribution in [0.15, 0.2) is 18.2 Å². The topological polar surface area (TPSA) is 43.1 Å². The number of hydrogen-bond donors (Lipinski definition) is 1. The SMILES string of the molecule is Nc1ccc(C(=O)CCCl)cc1CBr. The van der Waals surface area contributed by atoms with E-state index in [9.17, 15) is 4.79 Å². The molecule has 0 aliphatic heterocycles. The third-order valence-electron chi connectivity index (χ3n) is 1.93. The molecule has 1 aromatic carbocycles. The number of carbonyl (C=O) groups excluding carboxylic acids is 1. The highest BCUT2D eigenvalue weighted by Crippen LogP contribution is 2.18. The van der Waals surface area contributed by atoms with Gasteiger partial charge < -0.3 is 5.73 Å². The van der Waals surface area contributed by atoms with Gasteiger partial charge in [-0.3, -0.25) is 4.79 Å². The molecule has 0 aliphatic rings. The van der Waals surface area contributed by atoms with Crippen LogP contribution in [0.2, 0.25) is 0 Å². The van der Waals surface area contributed by atoms with Crippen molar-refractivity contribution in [3.8, 4) is 0 Å². The number of hydrogen-bond acceptors (Lipinski definition) is 2. The summed E-state index contributed by atoms with van der Waals surface area (Å²) < 4.78 is 0. The Labute approximate surface area is 96.6 Å². The Morgan fingerprint density at radius 2 is 2.21 bits per heavy atom. The summed E-state index contributed by atoms with van der Waals surface area (Å²) in [5.41, 5.74) is 8.02. The summed E-state index contributed by atoms with van der Waals surface area (Å²) in [6.07, 6.45) is 0.368. The van der Waals surface area contributed by atoms with Crippen molar-refractivity contribution < 1.29 is 4.79 Å². The van der Waals surface area contributed by atoms with Crippen molar-refractivity contribution in [3.63, 3.8) is 0 Å². The standard InChI is InChI=1S/C10H11BrClNO/c11-6-8-5-7(1-2-9(8)13)10(14)3-4-12/h1-2,5H,3-4,6,13H2. The van der Waals surface area contributed by atoms with Gasteiger partial charge >= 0.3 is 0 Å². The molecule has 0 atom stereocenters. The second kappa shape index (κ2) is 5.37. The van der Waals surface area contributed by atoms with Crippen LogP contribution < -0.4 is 5.73 Å². The van der Waals surface area contributed by atoms with Crippen molar-refractivity contribution in [1.82, 2.24) is 0 Å². The molecule has 0 heterocycles. The maximum absolute atomic E-state index is 11.5. The van der Waals surface area contributed by atoms with E-state index in [1.54, 1.807) is 18.2 Å². The second-order valence-electron chi connectivity index (χ2n) is 2.91. The molecule has 14 heavy (non-hydrogen) atoms. The van der Waals surface area contributed by atoms with Crippen LogP contribution in [0.5, 0.6) is 0 Å². The van der Waals surface area contributed by atoms with Crippen molar-refractivity contribution in [1.29, 1.82) is 0 Å². The Morgan fingerprint density at radius 1 is 1.50 bits per heavy atom. The molecule has 0 unspecified atom stereocenters. The molecule has 0 amide bonds. The molecule has 0 aliphatic carbocycles. The maximum Gasteiger partial charge on any atom is 0.164 e. The minimum absolute atomic E-state index is 0.0576. The molecule has 0 saturated carbocycles. The fourth-order valence-corrected chi connectivity index (χ4v) is 1.78. The summed E-state index contributed by atoms with van der Waals surface area (Å²) in [5.74, 6) is 0.412. The molecule has 4 heteroatoms. The Balaban J connectivity index is 2.94. The van der Waals surface area contributed by atoms with Crippen molar-refractivity contribution in [3.05, 3.63) is 29.3 Å². The van der Waals surface area contributed by atoms with E-state index in [4.69, 9.17) is 17.3 Å². The zero-order valence-electron chi connectivity index (χ0n) is 7.59. The minimum Gasteiger partial charge on any atom is -0.398 e. The van der Waals surface area contributed by atoms with Crippen LogP contribution in [-0.4, -0.2) is 11.7 Å². The van der Waals surface area contributed by atoms with Gasteiger partial charge in [0, 0.05) is 28.9 Å². The van der Waals surface area contributed by atoms with Crippen LogP contribution in [0.4, 0.5) is 5.69 Å². The maximum atomic E-state index is 11.5. The van der Waals surface area contributed by atoms with Gasteiger partial charge in [0.25, 0.3) is 0 Å². The van der Waals surface area contributed by atoms with Gasteiger partial charge in [0.15, 0.2) is 5.78 Å². The second-order valence-corrected chi connectivity index (χ2v) is 3.85. The van der Waals surface area contributed by atoms with E-state index >= 15 is 0 Å². The fourth-order valence-electron chi connectivity index (χ4n) is 1.13. The number of nitrogen functional groups attached to an aromatic ring is 1. The van der Waals surface area contributed by atoms with Gasteiger partial charge in [0.2, 0.25) is 0 Å². The fraction of sp³-hybridized carbons (Fsp3) is 0.300. The van der Waals surface area contributed by atoms with Crippen molar-refractivity contribution in [2.24, 2.45) is 0 Å². The van der Waals surface area contributed by atoms with E-state index in [2.05, 4.69) is 15.9 Å². The Hall–Kier alpha value is -0.540. The number of halogens is 2. The lowest BCUT2D eigenvalue weighted by Crippen LogP contribution is -2.02. The molecule has 0 radical (unpaired) electrons. The van der Waals surface area contributed by atoms with Crippen LogP contribution in [0.1, 0.15) is 22.3 Å². The third-order valence-corrected chi connectivity index (χ3v) is 2.72. The predicted molar refractivity (Wildman–Crippen MR) is 63.2 cm³/mol. The summed E-state index contributed by atoms with van der Waals surface area (Å²) >= 11 is 8.81. The highest BCUT2D eigenvalue weighted by atomic mass is 79.9. The summed E-state index contributed by atoms with van der Waals surface area (Å²) in [6, 6.07) is 5.29. The first-order valence-electron chi connectivity index (χ1n) is 4.22. The van der Waals surface area contributed by atoms with Gasteiger partial charge in [0.05, 0.1) is 0 Å². The molecular formula is C10H11BrClNO. The van der Waals surface area contributed by atoms with Crippen molar-refractivity contribution in [2.75, 3.05) is 11.6 Å². The van der Waals surface area contributed by atoms with Crippen LogP contribution in [0.25, 0.3) is 0 Å². The van der Waals surface area contributed by atoms with E-state index in [-0.39, 0.29) is 5.78 Å². The number of benzene rings is 1. The molecule has 0 saturated heterocycles. The van der Waals surface area contributed by atoms with Crippen LogP contribution >= 0.6 is 27.5 Å². The first-order chi connectivity index (χ1) is 6.69. The molecular weight excluding hydrogens is 265 g/mol. The molecule has 76 valence electrons. The highest BCUT2D eigenvalue weighted by molar-refractivity contribution is 9.08. The average molecular weight is 277 g/mol. The summed E-state index contributed by atoms with van der Waals surface area (Å²) in [5, 5.41) is 0.654. The van der Waals surface area contributed by atoms with Gasteiger partial charge in [-0.25, -0.2) is 0 Å². The van der Waals surface area contributed by atoms with Crippen LogP contribution in [0.3, 0.4) is 0 Å². The zero-order chi connectivity index (χ0) is 10.6.